The van der Waals surface area contributed by atoms with Crippen molar-refractivity contribution in [3.63, 3.8) is 0 Å². The average Bonchev–Trinajstić information content (AvgIpc) is 2.28. The van der Waals surface area contributed by atoms with Crippen molar-refractivity contribution >= 4 is 10.0 Å². The maximum absolute atomic E-state index is 13.6. The lowest BCUT2D eigenvalue weighted by molar-refractivity contribution is 0.129. The molecule has 1 aromatic rings. The Balaban J connectivity index is 3.12. The van der Waals surface area contributed by atoms with Crippen LogP contribution in [0.3, 0.4) is 0 Å². The lowest BCUT2D eigenvalue weighted by Gasteiger charge is -2.17. The topological polar surface area (TPSA) is 78.6 Å². The normalized spacial score (nSPS) is 13.3. The molecule has 0 aliphatic heterocycles. The van der Waals surface area contributed by atoms with E-state index >= 15 is 0 Å². The van der Waals surface area contributed by atoms with Gasteiger partial charge in [0.15, 0.2) is 11.6 Å². The van der Waals surface area contributed by atoms with E-state index in [9.17, 15) is 17.2 Å². The average molecular weight is 295 g/mol. The quantitative estimate of drug-likeness (QED) is 0.860. The molecule has 0 radical (unpaired) electrons. The summed E-state index contributed by atoms with van der Waals surface area (Å²) < 4.78 is 59.2. The molecule has 0 spiro atoms. The Morgan fingerprint density at radius 2 is 2.00 bits per heavy atom. The number of benzene rings is 1. The first kappa shape index (κ1) is 15.8. The van der Waals surface area contributed by atoms with E-state index in [1.165, 1.54) is 7.11 Å². The molecular formula is C11H15F2NO4S. The summed E-state index contributed by atoms with van der Waals surface area (Å²) in [6.07, 6.45) is -0.0994. The first-order chi connectivity index (χ1) is 8.75. The summed E-state index contributed by atoms with van der Waals surface area (Å²) in [6, 6.07) is 1.16. The molecular weight excluding hydrogens is 280 g/mol. The maximum atomic E-state index is 13.6. The predicted octanol–water partition coefficient (Wildman–Crippen LogP) is 1.42. The molecule has 0 amide bonds. The highest BCUT2D eigenvalue weighted by Gasteiger charge is 2.22. The first-order valence-corrected chi connectivity index (χ1v) is 6.97. The highest BCUT2D eigenvalue weighted by atomic mass is 32.2. The highest BCUT2D eigenvalue weighted by molar-refractivity contribution is 7.89. The van der Waals surface area contributed by atoms with E-state index in [0.717, 1.165) is 0 Å². The number of nitrogens with two attached hydrogens (primary N) is 1. The van der Waals surface area contributed by atoms with Crippen LogP contribution in [0.15, 0.2) is 17.0 Å². The van der Waals surface area contributed by atoms with Crippen LogP contribution in [-0.2, 0) is 14.8 Å². The van der Waals surface area contributed by atoms with Crippen molar-refractivity contribution < 1.29 is 26.7 Å². The van der Waals surface area contributed by atoms with Crippen LogP contribution >= 0.6 is 0 Å². The van der Waals surface area contributed by atoms with Gasteiger partial charge in [0.05, 0.1) is 6.10 Å². The lowest BCUT2D eigenvalue weighted by Crippen LogP contribution is -2.20. The molecule has 5 nitrogen and oxygen atoms in total. The number of sulfonamides is 1. The van der Waals surface area contributed by atoms with Gasteiger partial charge in [-0.1, -0.05) is 0 Å². The minimum Gasteiger partial charge on any atom is -0.486 e. The molecule has 0 aliphatic rings. The van der Waals surface area contributed by atoms with Crippen LogP contribution in [0.1, 0.15) is 13.3 Å². The molecule has 108 valence electrons. The predicted molar refractivity (Wildman–Crippen MR) is 64.3 cm³/mol. The minimum absolute atomic E-state index is 0.356. The van der Waals surface area contributed by atoms with Crippen LogP contribution in [0.5, 0.6) is 5.75 Å². The third kappa shape index (κ3) is 4.41. The molecule has 19 heavy (non-hydrogen) atoms. The van der Waals surface area contributed by atoms with Crippen LogP contribution in [0.2, 0.25) is 0 Å². The molecule has 0 aliphatic carbocycles. The van der Waals surface area contributed by atoms with Crippen LogP contribution in [0, 0.1) is 11.6 Å². The lowest BCUT2D eigenvalue weighted by atomic mass is 10.2. The molecule has 0 saturated carbocycles. The fraction of sp³-hybridized carbons (Fsp3) is 0.455. The number of halogens is 2. The van der Waals surface area contributed by atoms with E-state index in [-0.39, 0.29) is 0 Å². The molecule has 2 N–H and O–H groups in total. The maximum Gasteiger partial charge on any atom is 0.241 e. The number of ether oxygens (including phenoxy) is 2. The number of methoxy groups -OCH3 is 1. The second-order valence-electron chi connectivity index (χ2n) is 3.97. The summed E-state index contributed by atoms with van der Waals surface area (Å²) >= 11 is 0. The van der Waals surface area contributed by atoms with E-state index in [0.29, 0.717) is 25.2 Å². The molecule has 1 atom stereocenters. The minimum atomic E-state index is -4.28. The van der Waals surface area contributed by atoms with Gasteiger partial charge >= 0.3 is 0 Å². The fourth-order valence-corrected chi connectivity index (χ4v) is 2.09. The molecule has 0 saturated heterocycles. The zero-order chi connectivity index (χ0) is 14.6. The van der Waals surface area contributed by atoms with Gasteiger partial charge in [0.1, 0.15) is 10.7 Å². The van der Waals surface area contributed by atoms with Crippen molar-refractivity contribution in [3.8, 4) is 5.75 Å². The summed E-state index contributed by atoms with van der Waals surface area (Å²) in [7, 11) is -2.79. The smallest absolute Gasteiger partial charge is 0.241 e. The van der Waals surface area contributed by atoms with Crippen molar-refractivity contribution in [1.82, 2.24) is 0 Å². The molecule has 1 unspecified atom stereocenters. The van der Waals surface area contributed by atoms with Crippen molar-refractivity contribution in [1.29, 1.82) is 0 Å². The molecule has 0 bridgehead atoms. The molecule has 1 aromatic carbocycles. The Morgan fingerprint density at radius 3 is 2.53 bits per heavy atom. The molecule has 8 heteroatoms. The number of hydrogen-bond donors (Lipinski definition) is 1. The summed E-state index contributed by atoms with van der Waals surface area (Å²) in [5, 5.41) is 4.91. The monoisotopic (exact) mass is 295 g/mol. The number of hydrogen-bond acceptors (Lipinski definition) is 4. The summed E-state index contributed by atoms with van der Waals surface area (Å²) in [6.45, 7) is 1.96. The van der Waals surface area contributed by atoms with E-state index in [1.54, 1.807) is 6.92 Å². The third-order valence-corrected chi connectivity index (χ3v) is 3.24. The van der Waals surface area contributed by atoms with E-state index < -0.39 is 38.4 Å². The van der Waals surface area contributed by atoms with E-state index in [2.05, 4.69) is 0 Å². The summed E-state index contributed by atoms with van der Waals surface area (Å²) in [5.74, 6) is -2.74. The van der Waals surface area contributed by atoms with Crippen LogP contribution in [-0.4, -0.2) is 28.2 Å². The van der Waals surface area contributed by atoms with Crippen molar-refractivity contribution in [3.05, 3.63) is 23.8 Å². The van der Waals surface area contributed by atoms with Crippen LogP contribution in [0.25, 0.3) is 0 Å². The summed E-state index contributed by atoms with van der Waals surface area (Å²) in [5.41, 5.74) is 0. The Morgan fingerprint density at radius 1 is 1.37 bits per heavy atom. The largest absolute Gasteiger partial charge is 0.486 e. The van der Waals surface area contributed by atoms with Gasteiger partial charge in [0.2, 0.25) is 10.0 Å². The van der Waals surface area contributed by atoms with Gasteiger partial charge in [-0.25, -0.2) is 22.3 Å². The fourth-order valence-electron chi connectivity index (χ4n) is 1.41. The van der Waals surface area contributed by atoms with Gasteiger partial charge in [0.25, 0.3) is 0 Å². The Hall–Kier alpha value is -1.25. The molecule has 0 fully saturated rings. The van der Waals surface area contributed by atoms with Gasteiger partial charge in [-0.05, 0) is 13.0 Å². The van der Waals surface area contributed by atoms with Gasteiger partial charge < -0.3 is 9.47 Å². The number of primary sulfonamides is 1. The second kappa shape index (κ2) is 6.27. The van der Waals surface area contributed by atoms with Gasteiger partial charge in [-0.3, -0.25) is 0 Å². The summed E-state index contributed by atoms with van der Waals surface area (Å²) in [4.78, 5) is -0.714. The third-order valence-electron chi connectivity index (χ3n) is 2.33. The Bertz CT molecular complexity index is 548. The highest BCUT2D eigenvalue weighted by Crippen LogP contribution is 2.28. The van der Waals surface area contributed by atoms with Gasteiger partial charge in [-0.2, -0.15) is 0 Å². The van der Waals surface area contributed by atoms with Gasteiger partial charge in [-0.15, -0.1) is 0 Å². The Kier molecular flexibility index (Phi) is 5.21. The van der Waals surface area contributed by atoms with Crippen LogP contribution < -0.4 is 9.88 Å². The van der Waals surface area contributed by atoms with Gasteiger partial charge in [0, 0.05) is 26.2 Å². The second-order valence-corrected chi connectivity index (χ2v) is 5.50. The molecule has 0 heterocycles. The van der Waals surface area contributed by atoms with E-state index in [1.807, 2.05) is 0 Å². The van der Waals surface area contributed by atoms with Crippen LogP contribution in [0.4, 0.5) is 8.78 Å². The molecule has 0 aromatic heterocycles. The standard InChI is InChI=1S/C11H15F2NO4S/c1-7(3-4-17-2)18-11-9(13)5-8(12)6-10(11)19(14,15)16/h5-7H,3-4H2,1-2H3,(H2,14,15,16). The first-order valence-electron chi connectivity index (χ1n) is 5.43. The van der Waals surface area contributed by atoms with E-state index in [4.69, 9.17) is 14.6 Å². The SMILES string of the molecule is COCCC(C)Oc1c(F)cc(F)cc1S(N)(=O)=O. The molecule has 1 rings (SSSR count). The zero-order valence-corrected chi connectivity index (χ0v) is 11.3. The zero-order valence-electron chi connectivity index (χ0n) is 10.5. The van der Waals surface area contributed by atoms with Crippen molar-refractivity contribution in [2.24, 2.45) is 5.14 Å². The Labute approximate surface area is 110 Å². The number of rotatable bonds is 6. The van der Waals surface area contributed by atoms with Crippen molar-refractivity contribution in [2.75, 3.05) is 13.7 Å². The van der Waals surface area contributed by atoms with Crippen molar-refractivity contribution in [2.45, 2.75) is 24.3 Å².